The lowest BCUT2D eigenvalue weighted by molar-refractivity contribution is -0.128. The van der Waals surface area contributed by atoms with Crippen LogP contribution in [0.1, 0.15) is 77.8 Å². The fourth-order valence-corrected chi connectivity index (χ4v) is 6.83. The molecule has 0 aliphatic carbocycles. The number of benzene rings is 3. The third kappa shape index (κ3) is 14.0. The van der Waals surface area contributed by atoms with Crippen molar-refractivity contribution in [2.75, 3.05) is 25.4 Å². The number of aliphatic hydroxyl groups excluding tert-OH is 2. The summed E-state index contributed by atoms with van der Waals surface area (Å²) in [6.07, 6.45) is 4.22. The molecule has 1 unspecified atom stereocenters. The van der Waals surface area contributed by atoms with Crippen molar-refractivity contribution in [2.24, 2.45) is 5.92 Å². The first-order valence-electron chi connectivity index (χ1n) is 17.3. The van der Waals surface area contributed by atoms with E-state index < -0.39 is 12.3 Å². The smallest absolute Gasteiger partial charge is 0.239 e. The molecule has 0 spiro atoms. The molecule has 258 valence electrons. The minimum atomic E-state index is -0.703. The number of β-amino-alcohol motifs (C(OH)–C–C–N with tert-alkyl or cyclic N) is 1. The molecular formula is C39H57N3O4S. The van der Waals surface area contributed by atoms with Gasteiger partial charge in [0.25, 0.3) is 0 Å². The van der Waals surface area contributed by atoms with E-state index in [9.17, 15) is 19.8 Å². The van der Waals surface area contributed by atoms with Crippen LogP contribution in [0.3, 0.4) is 0 Å². The monoisotopic (exact) mass is 663 g/mol. The van der Waals surface area contributed by atoms with E-state index >= 15 is 0 Å². The second-order valence-corrected chi connectivity index (χ2v) is 15.5. The minimum Gasteiger partial charge on any atom is -0.392 e. The number of piperidine rings is 1. The normalized spacial score (nSPS) is 17.2. The molecule has 0 aromatic heterocycles. The van der Waals surface area contributed by atoms with Crippen molar-refractivity contribution in [3.05, 3.63) is 83.9 Å². The van der Waals surface area contributed by atoms with E-state index in [0.717, 1.165) is 41.3 Å². The Morgan fingerprint density at radius 3 is 2.34 bits per heavy atom. The van der Waals surface area contributed by atoms with Crippen molar-refractivity contribution in [3.63, 3.8) is 0 Å². The van der Waals surface area contributed by atoms with E-state index in [1.54, 1.807) is 11.8 Å². The lowest BCUT2D eigenvalue weighted by Crippen LogP contribution is -2.48. The van der Waals surface area contributed by atoms with Gasteiger partial charge in [-0.3, -0.25) is 14.5 Å². The molecule has 4 rings (SSSR count). The van der Waals surface area contributed by atoms with E-state index in [0.29, 0.717) is 38.0 Å². The van der Waals surface area contributed by atoms with Crippen LogP contribution in [-0.4, -0.2) is 75.4 Å². The highest BCUT2D eigenvalue weighted by Gasteiger charge is 2.26. The largest absolute Gasteiger partial charge is 0.392 e. The molecule has 4 N–H and O–H groups in total. The van der Waals surface area contributed by atoms with E-state index in [2.05, 4.69) is 69.5 Å². The van der Waals surface area contributed by atoms with Crippen molar-refractivity contribution in [3.8, 4) is 0 Å². The molecule has 1 fully saturated rings. The Bertz CT molecular complexity index is 1360. The number of rotatable bonds is 14. The number of carbonyl (C=O) groups is 2. The van der Waals surface area contributed by atoms with Gasteiger partial charge in [-0.15, -0.1) is 0 Å². The number of aliphatic hydroxyl groups is 2. The lowest BCUT2D eigenvalue weighted by atomic mass is 9.95. The fraction of sp³-hybridized carbons (Fsp3) is 0.538. The first kappa shape index (κ1) is 38.5. The molecule has 1 saturated heterocycles. The Morgan fingerprint density at radius 1 is 0.957 bits per heavy atom. The van der Waals surface area contributed by atoms with Gasteiger partial charge in [-0.05, 0) is 60.4 Å². The summed E-state index contributed by atoms with van der Waals surface area (Å²) in [7, 11) is 0. The van der Waals surface area contributed by atoms with E-state index in [1.165, 1.54) is 6.42 Å². The maximum atomic E-state index is 13.5. The summed E-state index contributed by atoms with van der Waals surface area (Å²) in [6, 6.07) is 24.0. The number of amides is 2. The van der Waals surface area contributed by atoms with Crippen molar-refractivity contribution in [2.45, 2.75) is 103 Å². The average Bonchev–Trinajstić information content (AvgIpc) is 3.03. The molecule has 4 atom stereocenters. The number of hydrogen-bond donors (Lipinski definition) is 4. The molecule has 0 saturated carbocycles. The highest BCUT2D eigenvalue weighted by molar-refractivity contribution is 8.00. The number of thioether (sulfide) groups is 1. The molecule has 7 nitrogen and oxygen atoms in total. The number of carbonyl (C=O) groups excluding carboxylic acids is 2. The Hall–Kier alpha value is -2.91. The van der Waals surface area contributed by atoms with Gasteiger partial charge in [0.05, 0.1) is 18.6 Å². The summed E-state index contributed by atoms with van der Waals surface area (Å²) in [4.78, 5) is 28.6. The quantitative estimate of drug-likeness (QED) is 0.161. The van der Waals surface area contributed by atoms with Crippen LogP contribution < -0.4 is 10.6 Å². The SMILES string of the molecule is CC(C)(C)SC[C@@H](Cc1cccc2ccccc12)C(=O)NCC(=O)N[C@@H](Cc1ccccc1)CC(O)CN1CCCC[C@H]1O.CCC. The van der Waals surface area contributed by atoms with Crippen molar-refractivity contribution < 1.29 is 19.8 Å². The van der Waals surface area contributed by atoms with E-state index in [-0.39, 0.29) is 35.1 Å². The number of likely N-dealkylation sites (tertiary alicyclic amines) is 1. The highest BCUT2D eigenvalue weighted by Crippen LogP contribution is 2.29. The van der Waals surface area contributed by atoms with Gasteiger partial charge >= 0.3 is 0 Å². The standard InChI is InChI=1S/C36H49N3O4S.C3H8/c1-36(2,3)44-25-29(21-28-16-11-15-27-14-7-8-17-32(27)28)35(43)37-23-33(41)38-30(20-26-12-5-4-6-13-26)22-31(40)24-39-19-10-9-18-34(39)42;1-3-2/h4-8,11-17,29-31,34,40,42H,9-10,18-25H2,1-3H3,(H,37,43)(H,38,41);3H2,1-2H3/t29-,30+,31?,34-;/m1./s1. The number of nitrogens with one attached hydrogen (secondary N) is 2. The van der Waals surface area contributed by atoms with Crippen LogP contribution in [0.25, 0.3) is 10.8 Å². The van der Waals surface area contributed by atoms with Crippen molar-refractivity contribution in [1.29, 1.82) is 0 Å². The van der Waals surface area contributed by atoms with Gasteiger partial charge in [-0.2, -0.15) is 11.8 Å². The second kappa shape index (κ2) is 19.8. The first-order valence-corrected chi connectivity index (χ1v) is 18.3. The summed E-state index contributed by atoms with van der Waals surface area (Å²) in [6.45, 7) is 11.7. The topological polar surface area (TPSA) is 102 Å². The maximum absolute atomic E-state index is 13.5. The van der Waals surface area contributed by atoms with Gasteiger partial charge in [0.15, 0.2) is 0 Å². The van der Waals surface area contributed by atoms with Gasteiger partial charge < -0.3 is 20.8 Å². The van der Waals surface area contributed by atoms with Crippen LogP contribution in [0.5, 0.6) is 0 Å². The number of fused-ring (bicyclic) bond motifs is 1. The Kier molecular flexibility index (Phi) is 16.2. The van der Waals surface area contributed by atoms with Crippen LogP contribution >= 0.6 is 11.8 Å². The third-order valence-electron chi connectivity index (χ3n) is 8.13. The van der Waals surface area contributed by atoms with Crippen LogP contribution in [-0.2, 0) is 22.4 Å². The van der Waals surface area contributed by atoms with Crippen molar-refractivity contribution >= 4 is 34.3 Å². The van der Waals surface area contributed by atoms with E-state index in [4.69, 9.17) is 0 Å². The summed E-state index contributed by atoms with van der Waals surface area (Å²) in [5, 5.41) is 29.5. The molecule has 1 heterocycles. The summed E-state index contributed by atoms with van der Waals surface area (Å²) < 4.78 is 0.00436. The molecule has 0 bridgehead atoms. The van der Waals surface area contributed by atoms with Crippen molar-refractivity contribution in [1.82, 2.24) is 15.5 Å². The predicted octanol–water partition coefficient (Wildman–Crippen LogP) is 6.35. The summed E-state index contributed by atoms with van der Waals surface area (Å²) in [5.41, 5.74) is 2.18. The Balaban J connectivity index is 0.00000192. The summed E-state index contributed by atoms with van der Waals surface area (Å²) in [5.74, 6) is -0.0677. The highest BCUT2D eigenvalue weighted by atomic mass is 32.2. The number of hydrogen-bond acceptors (Lipinski definition) is 6. The Morgan fingerprint density at radius 2 is 1.64 bits per heavy atom. The number of nitrogens with zero attached hydrogens (tertiary/aromatic N) is 1. The van der Waals surface area contributed by atoms with Gasteiger partial charge in [0.2, 0.25) is 11.8 Å². The zero-order valence-corrected chi connectivity index (χ0v) is 29.9. The fourth-order valence-electron chi connectivity index (χ4n) is 5.86. The van der Waals surface area contributed by atoms with Gasteiger partial charge in [0.1, 0.15) is 6.23 Å². The second-order valence-electron chi connectivity index (χ2n) is 13.7. The van der Waals surface area contributed by atoms with Gasteiger partial charge in [-0.25, -0.2) is 0 Å². The minimum absolute atomic E-state index is 0.00436. The molecule has 3 aromatic rings. The molecule has 0 radical (unpaired) electrons. The maximum Gasteiger partial charge on any atom is 0.239 e. The molecule has 2 amide bonds. The zero-order chi connectivity index (χ0) is 34.2. The molecule has 1 aliphatic rings. The third-order valence-corrected chi connectivity index (χ3v) is 9.56. The predicted molar refractivity (Wildman–Crippen MR) is 196 cm³/mol. The lowest BCUT2D eigenvalue weighted by Gasteiger charge is -2.34. The van der Waals surface area contributed by atoms with Crippen LogP contribution in [0.4, 0.5) is 0 Å². The molecule has 1 aliphatic heterocycles. The van der Waals surface area contributed by atoms with Gasteiger partial charge in [0, 0.05) is 29.6 Å². The van der Waals surface area contributed by atoms with Crippen LogP contribution in [0.15, 0.2) is 72.8 Å². The molecule has 47 heavy (non-hydrogen) atoms. The molecular weight excluding hydrogens is 607 g/mol. The molecule has 3 aromatic carbocycles. The van der Waals surface area contributed by atoms with Crippen LogP contribution in [0, 0.1) is 5.92 Å². The van der Waals surface area contributed by atoms with E-state index in [1.807, 2.05) is 53.4 Å². The average molecular weight is 664 g/mol. The zero-order valence-electron chi connectivity index (χ0n) is 29.1. The van der Waals surface area contributed by atoms with Gasteiger partial charge in [-0.1, -0.05) is 114 Å². The van der Waals surface area contributed by atoms with Crippen LogP contribution in [0.2, 0.25) is 0 Å². The Labute approximate surface area is 286 Å². The first-order chi connectivity index (χ1) is 22.5. The molecule has 8 heteroatoms. The summed E-state index contributed by atoms with van der Waals surface area (Å²) >= 11 is 1.75.